The van der Waals surface area contributed by atoms with Crippen molar-refractivity contribution in [1.82, 2.24) is 0 Å². The van der Waals surface area contributed by atoms with Crippen LogP contribution >= 0.6 is 11.6 Å². The van der Waals surface area contributed by atoms with Crippen LogP contribution in [0.3, 0.4) is 0 Å². The predicted octanol–water partition coefficient (Wildman–Crippen LogP) is 3.06. The molecule has 2 aromatic rings. The van der Waals surface area contributed by atoms with Crippen LogP contribution in [0.15, 0.2) is 48.5 Å². The second-order valence-electron chi connectivity index (χ2n) is 5.07. The van der Waals surface area contributed by atoms with Gasteiger partial charge in [-0.15, -0.1) is 0 Å². The van der Waals surface area contributed by atoms with Crippen LogP contribution in [0.4, 0.5) is 5.69 Å². The Balaban J connectivity index is 1.97. The highest BCUT2D eigenvalue weighted by molar-refractivity contribution is 6.30. The summed E-state index contributed by atoms with van der Waals surface area (Å²) in [6, 6.07) is 14.7. The van der Waals surface area contributed by atoms with Crippen LogP contribution in [0, 0.1) is 6.92 Å². The molecule has 0 radical (unpaired) electrons. The number of halogens is 1. The molecule has 0 unspecified atom stereocenters. The largest absolute Gasteiger partial charge is 0.318 e. The van der Waals surface area contributed by atoms with Gasteiger partial charge < -0.3 is 10.6 Å². The highest BCUT2D eigenvalue weighted by atomic mass is 35.5. The minimum Gasteiger partial charge on any atom is -0.318 e. The number of aryl methyl sites for hydroxylation is 1. The predicted molar refractivity (Wildman–Crippen MR) is 80.8 cm³/mol. The van der Waals surface area contributed by atoms with Crippen molar-refractivity contribution >= 4 is 23.2 Å². The molecule has 1 saturated heterocycles. The van der Waals surface area contributed by atoms with E-state index in [4.69, 9.17) is 17.3 Å². The smallest absolute Gasteiger partial charge is 0.247 e. The third-order valence-corrected chi connectivity index (χ3v) is 3.88. The lowest BCUT2D eigenvalue weighted by atomic mass is 9.88. The molecule has 1 fully saturated rings. The highest BCUT2D eigenvalue weighted by Crippen LogP contribution is 2.38. The van der Waals surface area contributed by atoms with Crippen LogP contribution in [0.5, 0.6) is 0 Å². The summed E-state index contributed by atoms with van der Waals surface area (Å²) in [5.41, 5.74) is 8.96. The van der Waals surface area contributed by atoms with E-state index in [0.29, 0.717) is 5.02 Å². The van der Waals surface area contributed by atoms with Gasteiger partial charge in [0.15, 0.2) is 0 Å². The van der Waals surface area contributed by atoms with E-state index in [9.17, 15) is 4.79 Å². The van der Waals surface area contributed by atoms with Crippen molar-refractivity contribution in [2.24, 2.45) is 5.73 Å². The fourth-order valence-corrected chi connectivity index (χ4v) is 2.75. The average molecular weight is 287 g/mol. The molecule has 0 bridgehead atoms. The fourth-order valence-electron chi connectivity index (χ4n) is 2.55. The van der Waals surface area contributed by atoms with Gasteiger partial charge in [0, 0.05) is 10.7 Å². The van der Waals surface area contributed by atoms with Crippen LogP contribution in [-0.4, -0.2) is 11.9 Å². The van der Waals surface area contributed by atoms with Gasteiger partial charge in [-0.05, 0) is 36.8 Å². The zero-order valence-electron chi connectivity index (χ0n) is 11.1. The van der Waals surface area contributed by atoms with Gasteiger partial charge in [0.05, 0.1) is 6.04 Å². The second-order valence-corrected chi connectivity index (χ2v) is 5.51. The van der Waals surface area contributed by atoms with Crippen LogP contribution in [0.25, 0.3) is 0 Å². The van der Waals surface area contributed by atoms with Crippen LogP contribution < -0.4 is 10.6 Å². The summed E-state index contributed by atoms with van der Waals surface area (Å²) in [5.74, 6) is -0.0566. The first-order chi connectivity index (χ1) is 9.58. The molecule has 0 spiro atoms. The van der Waals surface area contributed by atoms with E-state index in [0.717, 1.165) is 16.8 Å². The number of rotatable bonds is 2. The monoisotopic (exact) mass is 286 g/mol. The Morgan fingerprint density at radius 3 is 2.50 bits per heavy atom. The quantitative estimate of drug-likeness (QED) is 0.863. The minimum absolute atomic E-state index is 0.0566. The fraction of sp³-hybridized carbons (Fsp3) is 0.188. The molecule has 102 valence electrons. The Morgan fingerprint density at radius 2 is 1.85 bits per heavy atom. The summed E-state index contributed by atoms with van der Waals surface area (Å²) < 4.78 is 0. The van der Waals surface area contributed by atoms with Crippen molar-refractivity contribution in [3.8, 4) is 0 Å². The number of β-lactam (4-membered cyclic amide) rings is 1. The Labute approximate surface area is 123 Å². The zero-order chi connectivity index (χ0) is 14.3. The van der Waals surface area contributed by atoms with Gasteiger partial charge in [0.1, 0.15) is 6.04 Å². The first-order valence-electron chi connectivity index (χ1n) is 6.49. The molecule has 2 aromatic carbocycles. The minimum atomic E-state index is -0.505. The molecule has 1 aliphatic rings. The molecule has 2 N–H and O–H groups in total. The zero-order valence-corrected chi connectivity index (χ0v) is 11.8. The van der Waals surface area contributed by atoms with E-state index in [2.05, 4.69) is 0 Å². The molecule has 20 heavy (non-hydrogen) atoms. The average Bonchev–Trinajstić information content (AvgIpc) is 2.45. The van der Waals surface area contributed by atoms with Crippen molar-refractivity contribution in [2.75, 3.05) is 4.90 Å². The number of nitrogens with two attached hydrogens (primary N) is 1. The summed E-state index contributed by atoms with van der Waals surface area (Å²) >= 11 is 6.02. The summed E-state index contributed by atoms with van der Waals surface area (Å²) in [5, 5.41) is 0.651. The highest BCUT2D eigenvalue weighted by Gasteiger charge is 2.46. The van der Waals surface area contributed by atoms with Gasteiger partial charge >= 0.3 is 0 Å². The number of hydrogen-bond acceptors (Lipinski definition) is 2. The van der Waals surface area contributed by atoms with Gasteiger partial charge in [-0.3, -0.25) is 4.79 Å². The molecule has 0 saturated carbocycles. The van der Waals surface area contributed by atoms with E-state index in [1.165, 1.54) is 0 Å². The molecule has 3 rings (SSSR count). The van der Waals surface area contributed by atoms with Gasteiger partial charge in [-0.1, -0.05) is 41.4 Å². The molecule has 1 aliphatic heterocycles. The van der Waals surface area contributed by atoms with Crippen LogP contribution in [0.1, 0.15) is 17.2 Å². The number of carbonyl (C=O) groups is 1. The van der Waals surface area contributed by atoms with Gasteiger partial charge in [-0.25, -0.2) is 0 Å². The topological polar surface area (TPSA) is 46.3 Å². The molecule has 2 atom stereocenters. The van der Waals surface area contributed by atoms with Crippen molar-refractivity contribution in [3.63, 3.8) is 0 Å². The Kier molecular flexibility index (Phi) is 3.24. The van der Waals surface area contributed by atoms with Gasteiger partial charge in [-0.2, -0.15) is 0 Å². The SMILES string of the molecule is Cc1ccc(N2C(=O)[C@@H](N)[C@@H]2c2cccc(Cl)c2)cc1. The maximum atomic E-state index is 12.1. The summed E-state index contributed by atoms with van der Waals surface area (Å²) in [7, 11) is 0. The van der Waals surface area contributed by atoms with Crippen LogP contribution in [0.2, 0.25) is 5.02 Å². The first kappa shape index (κ1) is 13.2. The van der Waals surface area contributed by atoms with Crippen molar-refractivity contribution in [1.29, 1.82) is 0 Å². The molecule has 1 heterocycles. The van der Waals surface area contributed by atoms with E-state index in [1.54, 1.807) is 4.90 Å². The van der Waals surface area contributed by atoms with E-state index in [1.807, 2.05) is 55.5 Å². The summed E-state index contributed by atoms with van der Waals surface area (Å²) in [6.07, 6.45) is 0. The normalized spacial score (nSPS) is 21.8. The number of benzene rings is 2. The molecule has 0 aromatic heterocycles. The Bertz CT molecular complexity index is 654. The maximum Gasteiger partial charge on any atom is 0.247 e. The second kappa shape index (κ2) is 4.93. The molecular weight excluding hydrogens is 272 g/mol. The van der Waals surface area contributed by atoms with Crippen molar-refractivity contribution in [3.05, 3.63) is 64.7 Å². The molecule has 1 amide bonds. The molecule has 4 heteroatoms. The number of anilines is 1. The Hall–Kier alpha value is -1.84. The number of carbonyl (C=O) groups excluding carboxylic acids is 1. The third kappa shape index (κ3) is 2.09. The summed E-state index contributed by atoms with van der Waals surface area (Å²) in [6.45, 7) is 2.02. The molecular formula is C16H15ClN2O. The standard InChI is InChI=1S/C16H15ClN2O/c1-10-5-7-13(8-6-10)19-15(14(18)16(19)20)11-3-2-4-12(17)9-11/h2-9,14-15H,18H2,1H3/t14-,15-/m0/s1. The maximum absolute atomic E-state index is 12.1. The number of nitrogens with zero attached hydrogens (tertiary/aromatic N) is 1. The third-order valence-electron chi connectivity index (χ3n) is 3.64. The van der Waals surface area contributed by atoms with Crippen LogP contribution in [-0.2, 0) is 4.79 Å². The van der Waals surface area contributed by atoms with Crippen molar-refractivity contribution < 1.29 is 4.79 Å². The lowest BCUT2D eigenvalue weighted by Crippen LogP contribution is -2.63. The molecule has 3 nitrogen and oxygen atoms in total. The summed E-state index contributed by atoms with van der Waals surface area (Å²) in [4.78, 5) is 13.8. The lowest BCUT2D eigenvalue weighted by Gasteiger charge is -2.45. The van der Waals surface area contributed by atoms with E-state index in [-0.39, 0.29) is 11.9 Å². The van der Waals surface area contributed by atoms with Gasteiger partial charge in [0.25, 0.3) is 0 Å². The number of hydrogen-bond donors (Lipinski definition) is 1. The Morgan fingerprint density at radius 1 is 1.15 bits per heavy atom. The van der Waals surface area contributed by atoms with E-state index < -0.39 is 6.04 Å². The first-order valence-corrected chi connectivity index (χ1v) is 6.86. The lowest BCUT2D eigenvalue weighted by molar-refractivity contribution is -0.126. The van der Waals surface area contributed by atoms with E-state index >= 15 is 0 Å². The van der Waals surface area contributed by atoms with Gasteiger partial charge in [0.2, 0.25) is 5.91 Å². The van der Waals surface area contributed by atoms with Crippen molar-refractivity contribution in [2.45, 2.75) is 19.0 Å². The molecule has 0 aliphatic carbocycles. The number of amides is 1.